The van der Waals surface area contributed by atoms with Gasteiger partial charge in [0.1, 0.15) is 35.7 Å². The number of rotatable bonds is 16. The van der Waals surface area contributed by atoms with Crippen molar-refractivity contribution in [3.05, 3.63) is 230 Å². The normalized spacial score (nSPS) is 12.5. The monoisotopic (exact) mass is 1570 g/mol. The quantitative estimate of drug-likeness (QED) is 0.0300. The Hall–Kier alpha value is -9.70. The molecule has 2 aliphatic carbocycles. The number of nitriles is 2. The van der Waals surface area contributed by atoms with E-state index in [-0.39, 0.29) is 75.6 Å². The van der Waals surface area contributed by atoms with Crippen LogP contribution in [0.15, 0.2) is 126 Å². The van der Waals surface area contributed by atoms with Crippen LogP contribution in [-0.4, -0.2) is 78.7 Å². The van der Waals surface area contributed by atoms with Crippen molar-refractivity contribution in [1.29, 1.82) is 10.5 Å². The Bertz CT molecular complexity index is 4460. The zero-order chi connectivity index (χ0) is 81.5. The predicted octanol–water partition coefficient (Wildman–Crippen LogP) is 20.3. The van der Waals surface area contributed by atoms with Gasteiger partial charge in [0.25, 0.3) is 11.4 Å². The summed E-state index contributed by atoms with van der Waals surface area (Å²) in [6.45, 7) is 18.0. The third-order valence-corrected chi connectivity index (χ3v) is 22.1. The highest BCUT2D eigenvalue weighted by atomic mass is 35.5. The maximum atomic E-state index is 14.0. The highest BCUT2D eigenvalue weighted by Crippen LogP contribution is 2.41. The average molecular weight is 1570 g/mol. The van der Waals surface area contributed by atoms with Gasteiger partial charge in [-0.2, -0.15) is 63.2 Å². The molecule has 7 aromatic carbocycles. The number of aliphatic carboxylic acids is 1. The number of anilines is 1. The van der Waals surface area contributed by atoms with Gasteiger partial charge in [0.05, 0.1) is 71.0 Å². The van der Waals surface area contributed by atoms with Gasteiger partial charge in [-0.1, -0.05) is 69.5 Å². The van der Waals surface area contributed by atoms with E-state index in [4.69, 9.17) is 40.8 Å². The van der Waals surface area contributed by atoms with E-state index >= 15 is 0 Å². The molecule has 2 aliphatic rings. The van der Waals surface area contributed by atoms with E-state index in [1.165, 1.54) is 78.0 Å². The molecule has 0 spiro atoms. The second-order valence-electron chi connectivity index (χ2n) is 25.0. The number of ether oxygens (including phenoxy) is 3. The number of carboxylic acids is 1. The summed E-state index contributed by atoms with van der Waals surface area (Å²) >= 11 is 5.63. The Balaban J connectivity index is 0.000000350. The van der Waals surface area contributed by atoms with Crippen LogP contribution >= 0.6 is 11.6 Å². The lowest BCUT2D eigenvalue weighted by Gasteiger charge is -2.36. The average Bonchev–Trinajstić information content (AvgIpc) is 1.79. The molecule has 9 rings (SSSR count). The number of nitro groups is 2. The lowest BCUT2D eigenvalue weighted by molar-refractivity contribution is -0.385. The molecule has 0 bridgehead atoms. The van der Waals surface area contributed by atoms with Crippen LogP contribution in [0.4, 0.5) is 74.1 Å². The summed E-state index contributed by atoms with van der Waals surface area (Å²) in [6, 6.07) is 26.8. The number of nitrogens with zero attached hydrogens (tertiary/aromatic N) is 4. The Morgan fingerprint density at radius 1 is 0.673 bits per heavy atom. The second-order valence-corrected chi connectivity index (χ2v) is 32.3. The maximum Gasteiger partial charge on any atom is 0.416 e. The predicted molar refractivity (Wildman–Crippen MR) is 381 cm³/mol. The first-order chi connectivity index (χ1) is 49.4. The van der Waals surface area contributed by atoms with Crippen molar-refractivity contribution in [2.24, 2.45) is 0 Å². The molecule has 1 atom stereocenters. The molecule has 0 saturated carbocycles. The Kier molecular flexibility index (Phi) is 33.6. The summed E-state index contributed by atoms with van der Waals surface area (Å²) < 4.78 is 210. The Morgan fingerprint density at radius 2 is 1.21 bits per heavy atom. The third-order valence-electron chi connectivity index (χ3n) is 16.2. The van der Waals surface area contributed by atoms with Crippen LogP contribution in [0.1, 0.15) is 111 Å². The van der Waals surface area contributed by atoms with E-state index in [0.29, 0.717) is 40.5 Å². The van der Waals surface area contributed by atoms with Crippen LogP contribution < -0.4 is 19.5 Å². The summed E-state index contributed by atoms with van der Waals surface area (Å²) in [5, 5.41) is 50.9. The van der Waals surface area contributed by atoms with Crippen molar-refractivity contribution < 1.29 is 104 Å². The van der Waals surface area contributed by atoms with Gasteiger partial charge in [0, 0.05) is 58.4 Å². The minimum absolute atomic E-state index is 0.0108. The fourth-order valence-corrected chi connectivity index (χ4v) is 11.7. The van der Waals surface area contributed by atoms with Crippen molar-refractivity contribution in [3.63, 3.8) is 0 Å². The molecule has 0 fully saturated rings. The Labute approximate surface area is 617 Å². The number of carboxylic acid groups (broad SMARTS) is 1. The number of methoxy groups -OCH3 is 1. The van der Waals surface area contributed by atoms with Crippen molar-refractivity contribution >= 4 is 66.7 Å². The van der Waals surface area contributed by atoms with E-state index in [1.54, 1.807) is 42.5 Å². The molecule has 2 N–H and O–H groups in total. The number of nitro benzene ring substituents is 2. The first-order valence-corrected chi connectivity index (χ1v) is 37.0. The molecule has 17 nitrogen and oxygen atoms in total. The van der Waals surface area contributed by atoms with E-state index in [9.17, 15) is 95.6 Å². The first kappa shape index (κ1) is 91.5. The van der Waals surface area contributed by atoms with Crippen LogP contribution in [0.5, 0.6) is 17.2 Å². The summed E-state index contributed by atoms with van der Waals surface area (Å²) in [5.74, 6) is -0.898. The van der Waals surface area contributed by atoms with Crippen molar-refractivity contribution in [2.45, 2.75) is 141 Å². The SMILES string of the molecule is COc1cc(NC(C(=O)O)c2ccc(F)cc2OCCO[Si](C)(C)C(C)(C)C)cc(S(C)(=O)=O)c1.Cc1cc(CC#N)c([N+](=O)[O-])cc1C(F)(F)F.Cc1cc2c(cc1C(F)(F)F)CC=C2.Cc1cc2c(cc1C(F)(F)F)CCC2.Cc1ccc([N+](=O)[O-])cc1C(F)(F)F.N#CCOc1ccc(Cl)cc1.[B]C. The minimum Gasteiger partial charge on any atom is -0.497 e. The number of allylic oxidation sites excluding steroid dienone is 1. The third kappa shape index (κ3) is 28.2. The molecule has 7 aromatic rings. The summed E-state index contributed by atoms with van der Waals surface area (Å²) in [6.07, 6.45) is -9.83. The molecule has 576 valence electrons. The van der Waals surface area contributed by atoms with Crippen LogP contribution in [-0.2, 0) is 69.4 Å². The fourth-order valence-electron chi connectivity index (χ4n) is 9.87. The summed E-state index contributed by atoms with van der Waals surface area (Å²) in [7, 11) is 0.281. The van der Waals surface area contributed by atoms with Gasteiger partial charge in [-0.15, -0.1) is 0 Å². The van der Waals surface area contributed by atoms with Gasteiger partial charge in [0.2, 0.25) is 0 Å². The zero-order valence-electron chi connectivity index (χ0n) is 59.9. The largest absolute Gasteiger partial charge is 0.497 e. The number of hydrogen-bond acceptors (Lipinski definition) is 14. The number of halogens is 14. The number of non-ortho nitro benzene ring substituents is 1. The van der Waals surface area contributed by atoms with E-state index in [2.05, 4.69) is 47.0 Å². The number of sulfone groups is 1. The fraction of sp³-hybridized carbons (Fsp3) is 0.356. The maximum absolute atomic E-state index is 14.0. The number of alkyl halides is 12. The van der Waals surface area contributed by atoms with E-state index in [0.717, 1.165) is 78.1 Å². The van der Waals surface area contributed by atoms with Gasteiger partial charge in [-0.05, 0) is 183 Å². The van der Waals surface area contributed by atoms with E-state index in [1.807, 2.05) is 18.2 Å². The molecular weight excluding hydrogens is 1490 g/mol. The molecule has 1 unspecified atom stereocenters. The van der Waals surface area contributed by atoms with Crippen LogP contribution in [0.3, 0.4) is 0 Å². The molecule has 0 heterocycles. The molecule has 34 heteroatoms. The van der Waals surface area contributed by atoms with Gasteiger partial charge >= 0.3 is 30.7 Å². The highest BCUT2D eigenvalue weighted by molar-refractivity contribution is 7.90. The lowest BCUT2D eigenvalue weighted by Crippen LogP contribution is -2.41. The number of nitrogens with one attached hydrogen (secondary N) is 1. The minimum atomic E-state index is -4.64. The highest BCUT2D eigenvalue weighted by Gasteiger charge is 2.39. The van der Waals surface area contributed by atoms with Gasteiger partial charge < -0.3 is 29.1 Å². The van der Waals surface area contributed by atoms with Crippen molar-refractivity contribution in [2.75, 3.05) is 38.5 Å². The number of fused-ring (bicyclic) bond motifs is 2. The number of carbonyl (C=O) groups is 1. The smallest absolute Gasteiger partial charge is 0.416 e. The van der Waals surface area contributed by atoms with Gasteiger partial charge in [-0.3, -0.25) is 20.2 Å². The number of hydrogen-bond donors (Lipinski definition) is 2. The van der Waals surface area contributed by atoms with Gasteiger partial charge in [-0.25, -0.2) is 17.6 Å². The number of benzene rings is 7. The molecule has 107 heavy (non-hydrogen) atoms. The topological polar surface area (TPSA) is 254 Å². The molecule has 2 radical (unpaired) electrons. The molecule has 0 aromatic heterocycles. The van der Waals surface area contributed by atoms with Crippen LogP contribution in [0, 0.1) is 76.4 Å². The molecule has 0 amide bonds. The summed E-state index contributed by atoms with van der Waals surface area (Å²) in [5.41, 5.74) is 0.268. The molecule has 0 aliphatic heterocycles. The molecule has 0 saturated heterocycles. The first-order valence-electron chi connectivity index (χ1n) is 31.8. The second kappa shape index (κ2) is 39.2. The Morgan fingerprint density at radius 3 is 1.71 bits per heavy atom. The van der Waals surface area contributed by atoms with Crippen LogP contribution in [0.2, 0.25) is 30.0 Å². The standard InChI is InChI=1S/C24H34FNO7SSi.C11H11F3.C11H9F3.C10H7F3N2O2.C8H6ClNO.C8H6F3NO2.CH3B/c1-24(2,3)35(6,7)33-11-10-32-21-12-16(25)8-9-20(21)22(23(27)28)26-17-13-18(31-4)15-19(14-17)34(5,29)30;2*1-7-5-8-3-2-4-9(8)6-10(7)11(12,13)14;1-6-4-7(2-3-14)9(15(16)17)5-8(6)10(11,12)13;9-7-1-3-8(4-2-7)11-6-5-10;1-5-2-3-6(12(13)14)4-7(5)8(9,10)11;1-2/h8-9,12-15,22,26H,10-11H2,1-7H3,(H,27,28);5-6H,2-4H2,1H3;2-3,5-6H,4H2,1H3;4-5H,2H2,1H3;1-4H,6H2;2-4H,1H3;1H3. The van der Waals surface area contributed by atoms with Crippen molar-refractivity contribution in [1.82, 2.24) is 0 Å². The van der Waals surface area contributed by atoms with Crippen molar-refractivity contribution in [3.8, 4) is 29.4 Å². The lowest BCUT2D eigenvalue weighted by atomic mass is 10.0. The van der Waals surface area contributed by atoms with E-state index < -0.39 is 104 Å². The van der Waals surface area contributed by atoms with Crippen LogP contribution in [0.25, 0.3) is 6.08 Å². The summed E-state index contributed by atoms with van der Waals surface area (Å²) in [4.78, 5) is 31.2. The van der Waals surface area contributed by atoms with Gasteiger partial charge in [0.15, 0.2) is 30.8 Å². The zero-order valence-corrected chi connectivity index (χ0v) is 62.4. The number of aryl methyl sites for hydroxylation is 6. The molecular formula is C73H76BClF13N5O12SSi.